The van der Waals surface area contributed by atoms with Gasteiger partial charge in [-0.05, 0) is 19.1 Å². The lowest BCUT2D eigenvalue weighted by Crippen LogP contribution is -1.99. The molecule has 0 unspecified atom stereocenters. The van der Waals surface area contributed by atoms with E-state index < -0.39 is 0 Å². The molecule has 1 aromatic carbocycles. The molecule has 6 heteroatoms. The van der Waals surface area contributed by atoms with Crippen LogP contribution in [0.2, 0.25) is 5.15 Å². The van der Waals surface area contributed by atoms with Crippen molar-refractivity contribution in [1.82, 2.24) is 19.6 Å². The topological polar surface area (TPSA) is 43.1 Å². The zero-order chi connectivity index (χ0) is 12.7. The summed E-state index contributed by atoms with van der Waals surface area (Å²) >= 11 is 5.84. The average Bonchev–Trinajstić information content (AvgIpc) is 2.73. The molecular formula is C12H8ClFN4. The van der Waals surface area contributed by atoms with E-state index in [2.05, 4.69) is 15.2 Å². The van der Waals surface area contributed by atoms with Crippen molar-refractivity contribution in [3.8, 4) is 11.4 Å². The summed E-state index contributed by atoms with van der Waals surface area (Å²) in [6.07, 6.45) is 0. The van der Waals surface area contributed by atoms with E-state index in [1.54, 1.807) is 35.6 Å². The van der Waals surface area contributed by atoms with Crippen LogP contribution in [0.3, 0.4) is 0 Å². The Hall–Kier alpha value is -2.01. The van der Waals surface area contributed by atoms with Gasteiger partial charge in [-0.3, -0.25) is 4.40 Å². The van der Waals surface area contributed by atoms with Crippen molar-refractivity contribution in [2.45, 2.75) is 6.92 Å². The molecule has 0 aliphatic carbocycles. The van der Waals surface area contributed by atoms with Gasteiger partial charge in [-0.15, -0.1) is 10.2 Å². The van der Waals surface area contributed by atoms with Gasteiger partial charge in [0, 0.05) is 6.07 Å². The van der Waals surface area contributed by atoms with Gasteiger partial charge in [-0.2, -0.15) is 0 Å². The second-order valence-electron chi connectivity index (χ2n) is 3.82. The number of hydrogen-bond acceptors (Lipinski definition) is 3. The minimum absolute atomic E-state index is 0.340. The van der Waals surface area contributed by atoms with Crippen LogP contribution in [-0.2, 0) is 0 Å². The summed E-state index contributed by atoms with van der Waals surface area (Å²) in [5.74, 6) is 0.687. The first kappa shape index (κ1) is 11.1. The quantitative estimate of drug-likeness (QED) is 0.634. The summed E-state index contributed by atoms with van der Waals surface area (Å²) in [5, 5.41) is 8.32. The van der Waals surface area contributed by atoms with Crippen molar-refractivity contribution in [2.75, 3.05) is 0 Å². The highest BCUT2D eigenvalue weighted by atomic mass is 35.5. The van der Waals surface area contributed by atoms with E-state index in [0.717, 1.165) is 0 Å². The predicted octanol–water partition coefficient (Wildman–Crippen LogP) is 2.89. The average molecular weight is 263 g/mol. The van der Waals surface area contributed by atoms with E-state index in [1.807, 2.05) is 0 Å². The molecule has 0 atom stereocenters. The first-order valence-electron chi connectivity index (χ1n) is 5.30. The maximum absolute atomic E-state index is 13.8. The molecule has 0 saturated heterocycles. The molecule has 0 fully saturated rings. The number of aryl methyl sites for hydroxylation is 1. The number of nitrogens with zero attached hydrogens (tertiary/aromatic N) is 4. The first-order chi connectivity index (χ1) is 8.66. The molecule has 2 heterocycles. The van der Waals surface area contributed by atoms with Crippen molar-refractivity contribution in [3.05, 3.63) is 47.1 Å². The van der Waals surface area contributed by atoms with Gasteiger partial charge in [0.05, 0.1) is 5.56 Å². The van der Waals surface area contributed by atoms with E-state index in [4.69, 9.17) is 11.6 Å². The highest BCUT2D eigenvalue weighted by Gasteiger charge is 2.14. The molecule has 2 aromatic heterocycles. The van der Waals surface area contributed by atoms with E-state index in [9.17, 15) is 4.39 Å². The number of benzene rings is 1. The second kappa shape index (κ2) is 4.03. The van der Waals surface area contributed by atoms with Crippen molar-refractivity contribution in [3.63, 3.8) is 0 Å². The van der Waals surface area contributed by atoms with Crippen LogP contribution >= 0.6 is 11.6 Å². The van der Waals surface area contributed by atoms with Gasteiger partial charge in [0.15, 0.2) is 11.5 Å². The summed E-state index contributed by atoms with van der Waals surface area (Å²) < 4.78 is 15.4. The highest BCUT2D eigenvalue weighted by Crippen LogP contribution is 2.23. The van der Waals surface area contributed by atoms with Crippen LogP contribution in [-0.4, -0.2) is 19.6 Å². The van der Waals surface area contributed by atoms with Gasteiger partial charge in [0.2, 0.25) is 0 Å². The fourth-order valence-corrected chi connectivity index (χ4v) is 2.09. The van der Waals surface area contributed by atoms with Gasteiger partial charge >= 0.3 is 0 Å². The third-order valence-corrected chi connectivity index (χ3v) is 2.84. The zero-order valence-electron chi connectivity index (χ0n) is 9.43. The summed E-state index contributed by atoms with van der Waals surface area (Å²) in [6, 6.07) is 8.00. The Morgan fingerprint density at radius 1 is 1.22 bits per heavy atom. The van der Waals surface area contributed by atoms with E-state index in [1.165, 1.54) is 6.07 Å². The minimum Gasteiger partial charge on any atom is -0.263 e. The summed E-state index contributed by atoms with van der Waals surface area (Å²) in [7, 11) is 0. The molecule has 90 valence electrons. The van der Waals surface area contributed by atoms with Crippen LogP contribution in [0.15, 0.2) is 30.3 Å². The number of aromatic nitrogens is 4. The van der Waals surface area contributed by atoms with Gasteiger partial charge in [-0.1, -0.05) is 23.7 Å². The van der Waals surface area contributed by atoms with Crippen LogP contribution in [0.25, 0.3) is 17.0 Å². The number of halogens is 2. The Morgan fingerprint density at radius 3 is 2.78 bits per heavy atom. The van der Waals surface area contributed by atoms with Gasteiger partial charge in [-0.25, -0.2) is 9.37 Å². The first-order valence-corrected chi connectivity index (χ1v) is 5.68. The maximum Gasteiger partial charge on any atom is 0.172 e. The van der Waals surface area contributed by atoms with Crippen molar-refractivity contribution in [1.29, 1.82) is 0 Å². The van der Waals surface area contributed by atoms with Crippen LogP contribution in [0.5, 0.6) is 0 Å². The molecule has 0 saturated carbocycles. The van der Waals surface area contributed by atoms with Gasteiger partial charge < -0.3 is 0 Å². The lowest BCUT2D eigenvalue weighted by Gasteiger charge is -2.04. The maximum atomic E-state index is 13.8. The normalized spacial score (nSPS) is 11.1. The Balaban J connectivity index is 2.35. The molecular weight excluding hydrogens is 255 g/mol. The fraction of sp³-hybridized carbons (Fsp3) is 0.0833. The Morgan fingerprint density at radius 2 is 2.00 bits per heavy atom. The van der Waals surface area contributed by atoms with E-state index >= 15 is 0 Å². The molecule has 0 bridgehead atoms. The monoisotopic (exact) mass is 262 g/mol. The lowest BCUT2D eigenvalue weighted by molar-refractivity contribution is 0.629. The molecule has 0 spiro atoms. The minimum atomic E-state index is -0.346. The van der Waals surface area contributed by atoms with Gasteiger partial charge in [0.25, 0.3) is 0 Å². The molecule has 18 heavy (non-hydrogen) atoms. The Bertz CT molecular complexity index is 738. The highest BCUT2D eigenvalue weighted by molar-refractivity contribution is 6.29. The van der Waals surface area contributed by atoms with Crippen LogP contribution in [0.1, 0.15) is 5.82 Å². The molecule has 0 aliphatic rings. The van der Waals surface area contributed by atoms with E-state index in [-0.39, 0.29) is 5.82 Å². The van der Waals surface area contributed by atoms with Crippen molar-refractivity contribution < 1.29 is 4.39 Å². The largest absolute Gasteiger partial charge is 0.263 e. The molecule has 0 N–H and O–H groups in total. The Labute approximate surface area is 107 Å². The third-order valence-electron chi connectivity index (χ3n) is 2.64. The summed E-state index contributed by atoms with van der Waals surface area (Å²) in [6.45, 7) is 1.77. The second-order valence-corrected chi connectivity index (χ2v) is 4.21. The number of fused-ring (bicyclic) bond motifs is 1. The predicted molar refractivity (Wildman–Crippen MR) is 65.9 cm³/mol. The van der Waals surface area contributed by atoms with Crippen molar-refractivity contribution >= 4 is 17.2 Å². The standard InChI is InChI=1S/C12H8ClFN4/c1-7-15-10(13)6-11-16-17-12(18(7)11)8-4-2-3-5-9(8)14/h2-6H,1H3. The number of rotatable bonds is 1. The fourth-order valence-electron chi connectivity index (χ4n) is 1.87. The third kappa shape index (κ3) is 1.64. The summed E-state index contributed by atoms with van der Waals surface area (Å²) in [4.78, 5) is 4.12. The molecule has 0 radical (unpaired) electrons. The van der Waals surface area contributed by atoms with E-state index in [0.29, 0.717) is 28.0 Å². The number of hydrogen-bond donors (Lipinski definition) is 0. The molecule has 0 amide bonds. The van der Waals surface area contributed by atoms with Crippen molar-refractivity contribution in [2.24, 2.45) is 0 Å². The molecule has 3 rings (SSSR count). The molecule has 0 aliphatic heterocycles. The molecule has 4 nitrogen and oxygen atoms in total. The van der Waals surface area contributed by atoms with Crippen LogP contribution in [0, 0.1) is 12.7 Å². The Kier molecular flexibility index (Phi) is 2.48. The van der Waals surface area contributed by atoms with Crippen LogP contribution in [0.4, 0.5) is 4.39 Å². The van der Waals surface area contributed by atoms with Crippen LogP contribution < -0.4 is 0 Å². The summed E-state index contributed by atoms with van der Waals surface area (Å²) in [5.41, 5.74) is 0.933. The molecule has 3 aromatic rings. The lowest BCUT2D eigenvalue weighted by atomic mass is 10.2. The van der Waals surface area contributed by atoms with Gasteiger partial charge in [0.1, 0.15) is 16.8 Å². The smallest absolute Gasteiger partial charge is 0.172 e. The zero-order valence-corrected chi connectivity index (χ0v) is 10.2. The SMILES string of the molecule is Cc1nc(Cl)cc2nnc(-c3ccccc3F)n12.